The Morgan fingerprint density at radius 2 is 1.77 bits per heavy atom. The van der Waals surface area contributed by atoms with E-state index in [1.165, 1.54) is 11.8 Å². The van der Waals surface area contributed by atoms with Crippen molar-refractivity contribution in [2.45, 2.75) is 139 Å². The molecule has 2 aliphatic heterocycles. The summed E-state index contributed by atoms with van der Waals surface area (Å²) in [5.41, 5.74) is -0.886. The maximum atomic E-state index is 14.8. The molecule has 16 heteroatoms. The van der Waals surface area contributed by atoms with Crippen LogP contribution in [0.3, 0.4) is 0 Å². The van der Waals surface area contributed by atoms with E-state index in [1.807, 2.05) is 12.2 Å². The van der Waals surface area contributed by atoms with E-state index < -0.39 is 61.6 Å². The number of Topliss-reactive ketones (excluding diaryl/α,β-unsaturated/α-hetero) is 1. The number of carbonyl (C=O) groups excluding carboxylic acids is 5. The van der Waals surface area contributed by atoms with E-state index >= 15 is 0 Å². The van der Waals surface area contributed by atoms with Gasteiger partial charge in [0.1, 0.15) is 29.1 Å². The Kier molecular flexibility index (Phi) is 11.1. The van der Waals surface area contributed by atoms with Crippen molar-refractivity contribution in [3.8, 4) is 11.6 Å². The van der Waals surface area contributed by atoms with Gasteiger partial charge in [-0.3, -0.25) is 28.7 Å². The largest absolute Gasteiger partial charge is 0.497 e. The van der Waals surface area contributed by atoms with Crippen LogP contribution in [0.25, 0.3) is 11.0 Å². The van der Waals surface area contributed by atoms with Crippen LogP contribution in [0.15, 0.2) is 30.4 Å². The van der Waals surface area contributed by atoms with Gasteiger partial charge in [-0.25, -0.2) is 18.4 Å². The molecule has 7 rings (SSSR count). The lowest BCUT2D eigenvalue weighted by atomic mass is 9.83. The van der Waals surface area contributed by atoms with Crippen LogP contribution in [0.2, 0.25) is 0 Å². The van der Waals surface area contributed by atoms with Gasteiger partial charge < -0.3 is 25.0 Å². The Hall–Kier alpha value is -4.60. The third-order valence-corrected chi connectivity index (χ3v) is 14.9. The first-order valence-corrected chi connectivity index (χ1v) is 21.7. The van der Waals surface area contributed by atoms with Crippen molar-refractivity contribution in [3.05, 3.63) is 36.0 Å². The molecule has 3 saturated carbocycles. The molecule has 1 aromatic carbocycles. The molecule has 0 spiro atoms. The predicted octanol–water partition coefficient (Wildman–Crippen LogP) is 3.71. The van der Waals surface area contributed by atoms with Crippen molar-refractivity contribution < 1.29 is 41.9 Å². The van der Waals surface area contributed by atoms with Crippen LogP contribution < -0.4 is 24.8 Å². The molecule has 3 aliphatic carbocycles. The fraction of sp³-hybridized carbons (Fsp3) is 0.634. The number of nitrogens with one attached hydrogen (secondary N) is 3. The first-order chi connectivity index (χ1) is 27.1. The summed E-state index contributed by atoms with van der Waals surface area (Å²) in [6, 6.07) is 4.20. The average Bonchev–Trinajstić information content (AvgIpc) is 3.95. The quantitative estimate of drug-likeness (QED) is 0.296. The van der Waals surface area contributed by atoms with Gasteiger partial charge in [0.05, 0.1) is 35.0 Å². The van der Waals surface area contributed by atoms with Crippen LogP contribution in [0.4, 0.5) is 0 Å². The van der Waals surface area contributed by atoms with E-state index in [9.17, 15) is 32.4 Å². The Labute approximate surface area is 333 Å². The molecule has 4 fully saturated rings. The van der Waals surface area contributed by atoms with Gasteiger partial charge >= 0.3 is 0 Å². The van der Waals surface area contributed by atoms with Crippen LogP contribution in [-0.4, -0.2) is 94.3 Å². The third kappa shape index (κ3) is 8.24. The number of aryl methyl sites for hydroxylation is 1. The van der Waals surface area contributed by atoms with Crippen LogP contribution in [0, 0.1) is 18.8 Å². The number of aromatic nitrogens is 2. The molecule has 5 atom stereocenters. The first-order valence-electron chi connectivity index (χ1n) is 20.3. The highest BCUT2D eigenvalue weighted by Gasteiger charge is 2.63. The number of methoxy groups -OCH3 is 1. The van der Waals surface area contributed by atoms with Gasteiger partial charge in [-0.2, -0.15) is 0 Å². The molecule has 308 valence electrons. The van der Waals surface area contributed by atoms with Gasteiger partial charge in [-0.1, -0.05) is 37.8 Å². The molecule has 4 amide bonds. The summed E-state index contributed by atoms with van der Waals surface area (Å²) in [5, 5.41) is 5.82. The van der Waals surface area contributed by atoms with Gasteiger partial charge in [0.25, 0.3) is 5.91 Å². The average molecular weight is 807 g/mol. The van der Waals surface area contributed by atoms with Crippen LogP contribution in [0.1, 0.15) is 109 Å². The van der Waals surface area contributed by atoms with E-state index in [1.54, 1.807) is 39.2 Å². The Balaban J connectivity index is 1.20. The second-order valence-electron chi connectivity index (χ2n) is 17.0. The molecular weight excluding hydrogens is 753 g/mol. The van der Waals surface area contributed by atoms with E-state index in [2.05, 4.69) is 20.3 Å². The molecule has 1 aromatic heterocycles. The number of sulfonamides is 1. The number of benzene rings is 1. The fourth-order valence-electron chi connectivity index (χ4n) is 8.79. The second kappa shape index (κ2) is 15.6. The van der Waals surface area contributed by atoms with Crippen LogP contribution in [0.5, 0.6) is 11.6 Å². The second-order valence-corrected chi connectivity index (χ2v) is 19.2. The summed E-state index contributed by atoms with van der Waals surface area (Å²) in [4.78, 5) is 80.5. The zero-order valence-corrected chi connectivity index (χ0v) is 34.0. The molecule has 57 heavy (non-hydrogen) atoms. The number of ether oxygens (including phenoxy) is 2. The topological polar surface area (TPSA) is 203 Å². The smallest absolute Gasteiger partial charge is 0.259 e. The van der Waals surface area contributed by atoms with Crippen molar-refractivity contribution in [1.29, 1.82) is 0 Å². The predicted molar refractivity (Wildman–Crippen MR) is 209 cm³/mol. The summed E-state index contributed by atoms with van der Waals surface area (Å²) in [5.74, 6) is -2.71. The van der Waals surface area contributed by atoms with Gasteiger partial charge in [0.2, 0.25) is 33.6 Å². The summed E-state index contributed by atoms with van der Waals surface area (Å²) in [7, 11) is -2.45. The SMILES string of the molecule is COc1ccc2nc(C)c(O[C@@H]3C[C@H]4C(=O)N[C@]5(C(=O)NS(=O)(=O)C6(C)CC6)C[C@H]5/C=C\CCCCC[C@H](CC(=O)C5(NC(C)=O)CCCC5)C(=O)N4C3)nc2c1. The molecule has 15 nitrogen and oxygen atoms in total. The first kappa shape index (κ1) is 40.6. The van der Waals surface area contributed by atoms with E-state index in [-0.39, 0.29) is 49.3 Å². The van der Waals surface area contributed by atoms with Crippen molar-refractivity contribution in [2.24, 2.45) is 11.8 Å². The molecule has 1 saturated heterocycles. The normalized spacial score (nSPS) is 28.8. The summed E-state index contributed by atoms with van der Waals surface area (Å²) >= 11 is 0. The Morgan fingerprint density at radius 3 is 2.47 bits per heavy atom. The third-order valence-electron chi connectivity index (χ3n) is 12.7. The molecule has 0 bridgehead atoms. The minimum atomic E-state index is -4.00. The van der Waals surface area contributed by atoms with Crippen molar-refractivity contribution in [3.63, 3.8) is 0 Å². The summed E-state index contributed by atoms with van der Waals surface area (Å²) in [6.45, 7) is 4.73. The molecular formula is C41H54N6O9S. The Bertz CT molecular complexity index is 2100. The number of hydrogen-bond donors (Lipinski definition) is 3. The number of amides is 4. The number of rotatable bonds is 10. The number of fused-ring (bicyclic) bond motifs is 3. The van der Waals surface area contributed by atoms with E-state index in [0.29, 0.717) is 67.4 Å². The molecule has 3 heterocycles. The van der Waals surface area contributed by atoms with Crippen molar-refractivity contribution >= 4 is 50.5 Å². The number of nitrogens with zero attached hydrogens (tertiary/aromatic N) is 3. The molecule has 3 N–H and O–H groups in total. The minimum Gasteiger partial charge on any atom is -0.497 e. The zero-order valence-electron chi connectivity index (χ0n) is 33.2. The van der Waals surface area contributed by atoms with Gasteiger partial charge in [0.15, 0.2) is 5.78 Å². The molecule has 2 aromatic rings. The van der Waals surface area contributed by atoms with Crippen LogP contribution in [-0.2, 0) is 34.0 Å². The number of hydrogen-bond acceptors (Lipinski definition) is 11. The maximum Gasteiger partial charge on any atom is 0.259 e. The maximum absolute atomic E-state index is 14.8. The standard InChI is InChI=1S/C41H54N6O9S/c1-25-36(43-32-21-29(55-4)14-15-31(32)42-25)56-30-22-33-35(50)45-41(38(52)46-57(53,54)39(3)18-19-39)23-28(41)13-9-7-5-6-8-12-27(37(51)47(33)24-30)20-34(49)40(44-26(2)48)16-10-11-17-40/h9,13-15,21,27-28,30,33H,5-8,10-12,16-20,22-24H2,1-4H3,(H,44,48)(H,45,50)(H,46,52)/b13-9-/t27-,28-,30-,33+,41-/m1/s1. The monoisotopic (exact) mass is 806 g/mol. The molecule has 0 radical (unpaired) electrons. The number of carbonyl (C=O) groups is 5. The van der Waals surface area contributed by atoms with Gasteiger partial charge in [-0.15, -0.1) is 0 Å². The number of allylic oxidation sites excluding steroid dienone is 1. The van der Waals surface area contributed by atoms with Crippen LogP contribution >= 0.6 is 0 Å². The molecule has 0 unspecified atom stereocenters. The molecule has 5 aliphatic rings. The minimum absolute atomic E-state index is 0.00895. The highest BCUT2D eigenvalue weighted by molar-refractivity contribution is 7.91. The fourth-order valence-corrected chi connectivity index (χ4v) is 10.1. The van der Waals surface area contributed by atoms with Gasteiger partial charge in [0, 0.05) is 37.7 Å². The zero-order chi connectivity index (χ0) is 40.8. The van der Waals surface area contributed by atoms with Gasteiger partial charge in [-0.05, 0) is 77.3 Å². The Morgan fingerprint density at radius 1 is 1.02 bits per heavy atom. The summed E-state index contributed by atoms with van der Waals surface area (Å²) < 4.78 is 39.4. The lowest BCUT2D eigenvalue weighted by Crippen LogP contribution is -2.57. The summed E-state index contributed by atoms with van der Waals surface area (Å²) in [6.07, 6.45) is 10.0. The highest BCUT2D eigenvalue weighted by Crippen LogP contribution is 2.48. The highest BCUT2D eigenvalue weighted by atomic mass is 32.2. The van der Waals surface area contributed by atoms with E-state index in [4.69, 9.17) is 14.5 Å². The lowest BCUT2D eigenvalue weighted by Gasteiger charge is -2.32. The van der Waals surface area contributed by atoms with E-state index in [0.717, 1.165) is 25.7 Å². The van der Waals surface area contributed by atoms with Crippen molar-refractivity contribution in [1.82, 2.24) is 30.2 Å². The lowest BCUT2D eigenvalue weighted by molar-refractivity contribution is -0.144. The number of ketones is 1. The van der Waals surface area contributed by atoms with Crippen molar-refractivity contribution in [2.75, 3.05) is 13.7 Å².